The van der Waals surface area contributed by atoms with E-state index in [0.717, 1.165) is 25.0 Å². The zero-order chi connectivity index (χ0) is 41.9. The number of benzene rings is 2. The number of ether oxygens (including phenoxy) is 1. The molecule has 59 heavy (non-hydrogen) atoms. The van der Waals surface area contributed by atoms with Crippen molar-refractivity contribution in [1.82, 2.24) is 30.2 Å². The number of carbonyl (C=O) groups is 4. The average molecular weight is 837 g/mol. The summed E-state index contributed by atoms with van der Waals surface area (Å²) in [6.07, 6.45) is 2.10. The van der Waals surface area contributed by atoms with Gasteiger partial charge in [-0.2, -0.15) is 18.2 Å². The Bertz CT molecular complexity index is 2490. The summed E-state index contributed by atoms with van der Waals surface area (Å²) in [4.78, 5) is 65.6. The van der Waals surface area contributed by atoms with E-state index in [1.165, 1.54) is 24.0 Å². The van der Waals surface area contributed by atoms with Crippen LogP contribution in [0.1, 0.15) is 77.2 Å². The smallest absolute Gasteiger partial charge is 0.416 e. The van der Waals surface area contributed by atoms with Crippen LogP contribution >= 0.6 is 0 Å². The summed E-state index contributed by atoms with van der Waals surface area (Å²) >= 11 is 0. The summed E-state index contributed by atoms with van der Waals surface area (Å²) < 4.78 is 80.3. The number of carbonyl (C=O) groups excluding carboxylic acids is 4. The molecule has 5 unspecified atom stereocenters. The number of nitrogens with one attached hydrogen (secondary N) is 3. The maximum Gasteiger partial charge on any atom is 0.416 e. The van der Waals surface area contributed by atoms with Gasteiger partial charge in [0.2, 0.25) is 33.3 Å². The first kappa shape index (κ1) is 40.3. The zero-order valence-electron chi connectivity index (χ0n) is 32.3. The summed E-state index contributed by atoms with van der Waals surface area (Å²) in [7, 11) is -4.05. The van der Waals surface area contributed by atoms with Crippen molar-refractivity contribution in [2.45, 2.75) is 106 Å². The number of rotatable bonds is 7. The molecule has 2 aliphatic carbocycles. The molecule has 3 fully saturated rings. The molecule has 3 N–H and O–H groups in total. The SMILES string of the molecule is CC(=O)NC1CCCCC/C=C\C2CC2(C(=O)NS(=O)(=O)C2(C)CC2)NC(=O)C2CC(Oc3nc(-c4ccc(C(F)(F)F)cc4)nc4c3oc3ccccc34)CN2C1=O. The van der Waals surface area contributed by atoms with Gasteiger partial charge in [-0.25, -0.2) is 13.4 Å². The lowest BCUT2D eigenvalue weighted by molar-refractivity contribution is -0.142. The van der Waals surface area contributed by atoms with Crippen molar-refractivity contribution in [2.75, 3.05) is 6.54 Å². The number of amides is 4. The first-order valence-corrected chi connectivity index (χ1v) is 21.1. The molecule has 4 heterocycles. The number of furan rings is 1. The normalized spacial score (nSPS) is 26.5. The Morgan fingerprint density at radius 2 is 1.78 bits per heavy atom. The van der Waals surface area contributed by atoms with Gasteiger partial charge in [-0.3, -0.25) is 23.9 Å². The lowest BCUT2D eigenvalue weighted by atomic mass is 10.0. The van der Waals surface area contributed by atoms with E-state index in [1.54, 1.807) is 31.2 Å². The highest BCUT2D eigenvalue weighted by Crippen LogP contribution is 2.48. The highest BCUT2D eigenvalue weighted by Gasteiger charge is 2.63. The van der Waals surface area contributed by atoms with Crippen molar-refractivity contribution in [3.8, 4) is 17.3 Å². The van der Waals surface area contributed by atoms with E-state index in [9.17, 15) is 40.8 Å². The van der Waals surface area contributed by atoms with Gasteiger partial charge in [-0.15, -0.1) is 0 Å². The Labute approximate surface area is 337 Å². The van der Waals surface area contributed by atoms with Gasteiger partial charge >= 0.3 is 6.18 Å². The van der Waals surface area contributed by atoms with Gasteiger partial charge in [-0.05, 0) is 69.7 Å². The molecule has 4 amide bonds. The fourth-order valence-corrected chi connectivity index (χ4v) is 9.24. The van der Waals surface area contributed by atoms with E-state index < -0.39 is 79.8 Å². The maximum absolute atomic E-state index is 14.5. The van der Waals surface area contributed by atoms with Crippen LogP contribution in [0.5, 0.6) is 5.88 Å². The van der Waals surface area contributed by atoms with Gasteiger partial charge < -0.3 is 24.7 Å². The number of hydrogen-bond donors (Lipinski definition) is 3. The molecule has 2 saturated carbocycles. The minimum absolute atomic E-state index is 0.0379. The largest absolute Gasteiger partial charge is 0.470 e. The monoisotopic (exact) mass is 836 g/mol. The van der Waals surface area contributed by atoms with Gasteiger partial charge in [0, 0.05) is 30.2 Å². The van der Waals surface area contributed by atoms with Gasteiger partial charge in [0.15, 0.2) is 5.82 Å². The third-order valence-electron chi connectivity index (χ3n) is 11.8. The number of nitrogens with zero attached hydrogens (tertiary/aromatic N) is 3. The number of alkyl halides is 3. The van der Waals surface area contributed by atoms with E-state index in [2.05, 4.69) is 25.3 Å². The molecular formula is C41H43F3N6O8S. The van der Waals surface area contributed by atoms with Gasteiger partial charge in [0.05, 0.1) is 16.9 Å². The van der Waals surface area contributed by atoms with Crippen LogP contribution in [-0.4, -0.2) is 81.9 Å². The Balaban J connectivity index is 1.14. The van der Waals surface area contributed by atoms with Crippen LogP contribution in [0.2, 0.25) is 0 Å². The molecule has 0 spiro atoms. The van der Waals surface area contributed by atoms with Crippen molar-refractivity contribution in [3.05, 3.63) is 66.2 Å². The molecule has 5 atom stereocenters. The second-order valence-electron chi connectivity index (χ2n) is 16.2. The molecule has 0 radical (unpaired) electrons. The maximum atomic E-state index is 14.5. The van der Waals surface area contributed by atoms with E-state index in [0.29, 0.717) is 48.6 Å². The van der Waals surface area contributed by atoms with Crippen molar-refractivity contribution in [1.29, 1.82) is 0 Å². The molecule has 8 rings (SSSR count). The predicted octanol–water partition coefficient (Wildman–Crippen LogP) is 5.31. The fourth-order valence-electron chi connectivity index (χ4n) is 7.93. The lowest BCUT2D eigenvalue weighted by Crippen LogP contribution is -2.58. The molecule has 18 heteroatoms. The Morgan fingerprint density at radius 3 is 2.49 bits per heavy atom. The van der Waals surface area contributed by atoms with E-state index in [4.69, 9.17) is 9.15 Å². The summed E-state index contributed by atoms with van der Waals surface area (Å²) in [5, 5.41) is 6.14. The van der Waals surface area contributed by atoms with Gasteiger partial charge in [-0.1, -0.05) is 49.3 Å². The van der Waals surface area contributed by atoms with E-state index in [1.807, 2.05) is 12.2 Å². The number of para-hydroxylation sites is 1. The minimum Gasteiger partial charge on any atom is -0.470 e. The second kappa shape index (κ2) is 14.9. The minimum atomic E-state index is -4.56. The molecule has 1 saturated heterocycles. The van der Waals surface area contributed by atoms with Crippen LogP contribution in [0.15, 0.2) is 65.1 Å². The first-order valence-electron chi connectivity index (χ1n) is 19.6. The molecule has 14 nitrogen and oxygen atoms in total. The number of sulfonamides is 1. The van der Waals surface area contributed by atoms with Crippen LogP contribution in [0.25, 0.3) is 33.5 Å². The number of halogens is 3. The number of fused-ring (bicyclic) bond motifs is 5. The average Bonchev–Trinajstić information content (AvgIpc) is 4.01. The molecule has 2 aromatic carbocycles. The predicted molar refractivity (Wildman–Crippen MR) is 208 cm³/mol. The standard InChI is InChI=1S/C41H43F3N6O8S/c1-23(51)45-29-12-7-5-3-4-6-10-26-21-40(26,38(54)49-59(55,56)39(2)18-19-39)48-35(52)30-20-27(22-50(30)37(29)53)57-36-33-32(28-11-8-9-13-31(28)58-33)46-34(47-36)24-14-16-25(17-15-24)41(42,43)44/h6,8-11,13-17,26-27,29-30H,3-5,7,12,18-22H2,1-2H3,(H,45,51)(H,48,52)(H,49,54)/b10-6-. The summed E-state index contributed by atoms with van der Waals surface area (Å²) in [6, 6.07) is 9.11. The van der Waals surface area contributed by atoms with Gasteiger partial charge in [0.1, 0.15) is 34.8 Å². The first-order chi connectivity index (χ1) is 28.0. The number of allylic oxidation sites excluding steroid dienone is 1. The molecular weight excluding hydrogens is 794 g/mol. The van der Waals surface area contributed by atoms with Crippen LogP contribution in [0.3, 0.4) is 0 Å². The van der Waals surface area contributed by atoms with Gasteiger partial charge in [0.25, 0.3) is 11.8 Å². The van der Waals surface area contributed by atoms with Crippen LogP contribution in [0.4, 0.5) is 13.2 Å². The molecule has 0 bridgehead atoms. The third-order valence-corrected chi connectivity index (χ3v) is 13.9. The lowest BCUT2D eigenvalue weighted by Gasteiger charge is -2.29. The molecule has 312 valence electrons. The highest BCUT2D eigenvalue weighted by molar-refractivity contribution is 7.91. The van der Waals surface area contributed by atoms with Crippen molar-refractivity contribution in [3.63, 3.8) is 0 Å². The Kier molecular flexibility index (Phi) is 10.2. The highest BCUT2D eigenvalue weighted by atomic mass is 32.2. The van der Waals surface area contributed by atoms with Crippen LogP contribution < -0.4 is 20.1 Å². The second-order valence-corrected chi connectivity index (χ2v) is 18.4. The zero-order valence-corrected chi connectivity index (χ0v) is 33.1. The van der Waals surface area contributed by atoms with E-state index in [-0.39, 0.29) is 42.2 Å². The summed E-state index contributed by atoms with van der Waals surface area (Å²) in [6.45, 7) is 2.68. The van der Waals surface area contributed by atoms with Crippen LogP contribution in [-0.2, 0) is 35.4 Å². The summed E-state index contributed by atoms with van der Waals surface area (Å²) in [5.74, 6) is -3.11. The van der Waals surface area contributed by atoms with E-state index >= 15 is 0 Å². The Hall–Kier alpha value is -5.52. The topological polar surface area (TPSA) is 190 Å². The molecule has 2 aromatic heterocycles. The fraction of sp³-hybridized carbons (Fsp3) is 0.463. The number of aromatic nitrogens is 2. The van der Waals surface area contributed by atoms with Crippen molar-refractivity contribution < 1.29 is 49.9 Å². The molecule has 2 aliphatic heterocycles. The van der Waals surface area contributed by atoms with Crippen LogP contribution in [0, 0.1) is 5.92 Å². The molecule has 4 aromatic rings. The van der Waals surface area contributed by atoms with Crippen molar-refractivity contribution in [2.24, 2.45) is 5.92 Å². The Morgan fingerprint density at radius 1 is 1.03 bits per heavy atom. The van der Waals surface area contributed by atoms with Crippen molar-refractivity contribution >= 4 is 55.7 Å². The molecule has 4 aliphatic rings. The third kappa shape index (κ3) is 7.85. The number of hydrogen-bond acceptors (Lipinski definition) is 10. The quantitative estimate of drug-likeness (QED) is 0.206. The summed E-state index contributed by atoms with van der Waals surface area (Å²) in [5.41, 5.74) is -1.30.